The van der Waals surface area contributed by atoms with Gasteiger partial charge in [0.15, 0.2) is 9.84 Å². The van der Waals surface area contributed by atoms with Crippen molar-refractivity contribution in [2.75, 3.05) is 26.0 Å². The lowest BCUT2D eigenvalue weighted by Crippen LogP contribution is -2.49. The number of piperidine rings is 1. The smallest absolute Gasteiger partial charge is 0.326 e. The van der Waals surface area contributed by atoms with E-state index in [1.54, 1.807) is 0 Å². The molecule has 0 radical (unpaired) electrons. The standard InChI is InChI=1S/C17H23NO6S/c1-12-7-8-18(15(11-12)17(20)21)16(19)13-3-5-14(6-4-13)25(22,23)10-9-24-2/h3-6,12,15H,7-11H2,1-2H3,(H,20,21). The number of amides is 1. The molecule has 1 amide bonds. The second kappa shape index (κ2) is 7.97. The van der Waals surface area contributed by atoms with Crippen LogP contribution in [0.15, 0.2) is 29.2 Å². The Balaban J connectivity index is 2.18. The highest BCUT2D eigenvalue weighted by atomic mass is 32.2. The molecule has 1 fully saturated rings. The van der Waals surface area contributed by atoms with Crippen molar-refractivity contribution in [2.24, 2.45) is 5.92 Å². The number of nitrogens with zero attached hydrogens (tertiary/aromatic N) is 1. The molecule has 1 saturated heterocycles. The van der Waals surface area contributed by atoms with E-state index in [2.05, 4.69) is 0 Å². The Morgan fingerprint density at radius 1 is 1.28 bits per heavy atom. The van der Waals surface area contributed by atoms with Crippen LogP contribution in [0.2, 0.25) is 0 Å². The molecule has 0 spiro atoms. The van der Waals surface area contributed by atoms with E-state index in [0.29, 0.717) is 13.0 Å². The third-order valence-corrected chi connectivity index (χ3v) is 6.12. The predicted octanol–water partition coefficient (Wildman–Crippen LogP) is 1.43. The Kier molecular flexibility index (Phi) is 6.18. The van der Waals surface area contributed by atoms with Crippen molar-refractivity contribution in [3.05, 3.63) is 29.8 Å². The molecule has 0 aliphatic carbocycles. The van der Waals surface area contributed by atoms with Gasteiger partial charge < -0.3 is 14.7 Å². The highest BCUT2D eigenvalue weighted by Gasteiger charge is 2.35. The molecule has 1 N–H and O–H groups in total. The molecule has 0 aromatic heterocycles. The molecule has 1 aliphatic rings. The number of aliphatic carboxylic acids is 1. The van der Waals surface area contributed by atoms with E-state index in [-0.39, 0.29) is 34.6 Å². The van der Waals surface area contributed by atoms with Crippen LogP contribution in [-0.4, -0.2) is 62.4 Å². The summed E-state index contributed by atoms with van der Waals surface area (Å²) in [6.07, 6.45) is 1.17. The summed E-state index contributed by atoms with van der Waals surface area (Å²) in [4.78, 5) is 25.6. The van der Waals surface area contributed by atoms with Crippen LogP contribution in [0, 0.1) is 5.92 Å². The number of sulfone groups is 1. The quantitative estimate of drug-likeness (QED) is 0.814. The van der Waals surface area contributed by atoms with Gasteiger partial charge in [0.2, 0.25) is 0 Å². The molecule has 0 saturated carbocycles. The van der Waals surface area contributed by atoms with Gasteiger partial charge in [0.05, 0.1) is 17.3 Å². The van der Waals surface area contributed by atoms with E-state index in [1.807, 2.05) is 6.92 Å². The number of carbonyl (C=O) groups is 2. The van der Waals surface area contributed by atoms with Gasteiger partial charge in [-0.15, -0.1) is 0 Å². The van der Waals surface area contributed by atoms with Crippen LogP contribution >= 0.6 is 0 Å². The number of carboxylic acids is 1. The minimum atomic E-state index is -3.47. The fraction of sp³-hybridized carbons (Fsp3) is 0.529. The van der Waals surface area contributed by atoms with Crippen LogP contribution in [0.3, 0.4) is 0 Å². The predicted molar refractivity (Wildman–Crippen MR) is 91.2 cm³/mol. The van der Waals surface area contributed by atoms with Gasteiger partial charge in [-0.3, -0.25) is 4.79 Å². The van der Waals surface area contributed by atoms with Gasteiger partial charge in [-0.05, 0) is 43.0 Å². The first-order valence-electron chi connectivity index (χ1n) is 8.12. The number of ether oxygens (including phenoxy) is 1. The van der Waals surface area contributed by atoms with Crippen molar-refractivity contribution < 1.29 is 27.9 Å². The van der Waals surface area contributed by atoms with Crippen LogP contribution in [0.1, 0.15) is 30.1 Å². The SMILES string of the molecule is COCCS(=O)(=O)c1ccc(C(=O)N2CCC(C)CC2C(=O)O)cc1. The average Bonchev–Trinajstić information content (AvgIpc) is 2.59. The fourth-order valence-corrected chi connectivity index (χ4v) is 4.07. The number of likely N-dealkylation sites (tertiary alicyclic amines) is 1. The Hall–Kier alpha value is -1.93. The van der Waals surface area contributed by atoms with E-state index in [0.717, 1.165) is 6.42 Å². The normalized spacial score (nSPS) is 21.1. The number of methoxy groups -OCH3 is 1. The molecule has 1 aromatic rings. The molecule has 2 atom stereocenters. The third kappa shape index (κ3) is 4.58. The summed E-state index contributed by atoms with van der Waals surface area (Å²) < 4.78 is 29.0. The lowest BCUT2D eigenvalue weighted by atomic mass is 9.92. The Morgan fingerprint density at radius 3 is 2.48 bits per heavy atom. The van der Waals surface area contributed by atoms with Gasteiger partial charge in [-0.1, -0.05) is 6.92 Å². The van der Waals surface area contributed by atoms with Crippen molar-refractivity contribution in [2.45, 2.75) is 30.7 Å². The zero-order valence-electron chi connectivity index (χ0n) is 14.3. The monoisotopic (exact) mass is 369 g/mol. The molecule has 0 bridgehead atoms. The topological polar surface area (TPSA) is 101 Å². The maximum atomic E-state index is 12.6. The van der Waals surface area contributed by atoms with Crippen molar-refractivity contribution in [3.8, 4) is 0 Å². The highest BCUT2D eigenvalue weighted by molar-refractivity contribution is 7.91. The zero-order chi connectivity index (χ0) is 18.6. The molecule has 7 nitrogen and oxygen atoms in total. The molecule has 1 heterocycles. The van der Waals surface area contributed by atoms with E-state index < -0.39 is 21.8 Å². The van der Waals surface area contributed by atoms with Crippen molar-refractivity contribution in [3.63, 3.8) is 0 Å². The number of rotatable bonds is 6. The Labute approximate surface area is 147 Å². The second-order valence-electron chi connectivity index (χ2n) is 6.32. The first-order valence-corrected chi connectivity index (χ1v) is 9.77. The molecule has 2 rings (SSSR count). The number of hydrogen-bond acceptors (Lipinski definition) is 5. The van der Waals surface area contributed by atoms with Gasteiger partial charge in [0, 0.05) is 19.2 Å². The van der Waals surface area contributed by atoms with Crippen molar-refractivity contribution in [1.82, 2.24) is 4.90 Å². The molecular weight excluding hydrogens is 346 g/mol. The van der Waals surface area contributed by atoms with E-state index in [1.165, 1.54) is 36.3 Å². The molecule has 8 heteroatoms. The first-order chi connectivity index (χ1) is 11.8. The van der Waals surface area contributed by atoms with Gasteiger partial charge in [0.25, 0.3) is 5.91 Å². The highest BCUT2D eigenvalue weighted by Crippen LogP contribution is 2.25. The maximum absolute atomic E-state index is 12.6. The van der Waals surface area contributed by atoms with Gasteiger partial charge >= 0.3 is 5.97 Å². The van der Waals surface area contributed by atoms with Crippen LogP contribution in [0.4, 0.5) is 0 Å². The van der Waals surface area contributed by atoms with E-state index in [4.69, 9.17) is 4.74 Å². The van der Waals surface area contributed by atoms with Gasteiger partial charge in [0.1, 0.15) is 6.04 Å². The number of carbonyl (C=O) groups excluding carboxylic acids is 1. The number of benzene rings is 1. The summed E-state index contributed by atoms with van der Waals surface area (Å²) in [5.41, 5.74) is 0.284. The molecule has 1 aromatic carbocycles. The van der Waals surface area contributed by atoms with Crippen molar-refractivity contribution in [1.29, 1.82) is 0 Å². The summed E-state index contributed by atoms with van der Waals surface area (Å²) in [7, 11) is -2.04. The summed E-state index contributed by atoms with van der Waals surface area (Å²) in [5.74, 6) is -1.29. The zero-order valence-corrected chi connectivity index (χ0v) is 15.2. The minimum absolute atomic E-state index is 0.0925. The van der Waals surface area contributed by atoms with Gasteiger partial charge in [-0.2, -0.15) is 0 Å². The lowest BCUT2D eigenvalue weighted by molar-refractivity contribution is -0.144. The van der Waals surface area contributed by atoms with Crippen LogP contribution in [-0.2, 0) is 19.4 Å². The molecular formula is C17H23NO6S. The minimum Gasteiger partial charge on any atom is -0.480 e. The maximum Gasteiger partial charge on any atom is 0.326 e. The van der Waals surface area contributed by atoms with Gasteiger partial charge in [-0.25, -0.2) is 13.2 Å². The Bertz CT molecular complexity index is 728. The van der Waals surface area contributed by atoms with E-state index >= 15 is 0 Å². The third-order valence-electron chi connectivity index (χ3n) is 4.43. The molecule has 138 valence electrons. The lowest BCUT2D eigenvalue weighted by Gasteiger charge is -2.36. The molecule has 1 aliphatic heterocycles. The summed E-state index contributed by atoms with van der Waals surface area (Å²) in [6, 6.07) is 4.76. The summed E-state index contributed by atoms with van der Waals surface area (Å²) >= 11 is 0. The van der Waals surface area contributed by atoms with Crippen LogP contribution < -0.4 is 0 Å². The van der Waals surface area contributed by atoms with Crippen LogP contribution in [0.25, 0.3) is 0 Å². The summed E-state index contributed by atoms with van der Waals surface area (Å²) in [5, 5.41) is 9.37. The summed E-state index contributed by atoms with van der Waals surface area (Å²) in [6.45, 7) is 2.44. The van der Waals surface area contributed by atoms with Crippen molar-refractivity contribution >= 4 is 21.7 Å². The number of hydrogen-bond donors (Lipinski definition) is 1. The first kappa shape index (κ1) is 19.4. The molecule has 2 unspecified atom stereocenters. The average molecular weight is 369 g/mol. The van der Waals surface area contributed by atoms with Crippen LogP contribution in [0.5, 0.6) is 0 Å². The Morgan fingerprint density at radius 2 is 1.92 bits per heavy atom. The largest absolute Gasteiger partial charge is 0.480 e. The fourth-order valence-electron chi connectivity index (χ4n) is 2.90. The molecule has 25 heavy (non-hydrogen) atoms. The number of carboxylic acid groups (broad SMARTS) is 1. The van der Waals surface area contributed by atoms with E-state index in [9.17, 15) is 23.1 Å². The second-order valence-corrected chi connectivity index (χ2v) is 8.43.